The van der Waals surface area contributed by atoms with Crippen LogP contribution in [-0.4, -0.2) is 55.0 Å². The number of esters is 2. The molecule has 0 aliphatic rings. The first kappa shape index (κ1) is 21.9. The van der Waals surface area contributed by atoms with Gasteiger partial charge in [-0.1, -0.05) is 30.3 Å². The van der Waals surface area contributed by atoms with E-state index in [1.165, 1.54) is 6.92 Å². The molecule has 0 heterocycles. The molecular weight excluding hydrogens is 352 g/mol. The topological polar surface area (TPSA) is 114 Å². The Labute approximate surface area is 157 Å². The van der Waals surface area contributed by atoms with Gasteiger partial charge in [-0.15, -0.1) is 0 Å². The second-order valence-electron chi connectivity index (χ2n) is 5.36. The molecule has 0 bridgehead atoms. The van der Waals surface area contributed by atoms with Gasteiger partial charge >= 0.3 is 11.9 Å². The van der Waals surface area contributed by atoms with Crippen molar-refractivity contribution in [3.8, 4) is 0 Å². The number of hydrogen-bond donors (Lipinski definition) is 2. The molecule has 1 aromatic carbocycles. The minimum Gasteiger partial charge on any atom is -0.506 e. The summed E-state index contributed by atoms with van der Waals surface area (Å²) >= 11 is 0. The van der Waals surface area contributed by atoms with Gasteiger partial charge in [0, 0.05) is 11.8 Å². The van der Waals surface area contributed by atoms with Gasteiger partial charge in [-0.3, -0.25) is 9.79 Å². The number of benzene rings is 1. The summed E-state index contributed by atoms with van der Waals surface area (Å²) in [6.45, 7) is 4.79. The minimum absolute atomic E-state index is 0.121. The quantitative estimate of drug-likeness (QED) is 0.293. The summed E-state index contributed by atoms with van der Waals surface area (Å²) in [5, 5.41) is 12.8. The van der Waals surface area contributed by atoms with Crippen molar-refractivity contribution in [2.75, 3.05) is 19.8 Å². The summed E-state index contributed by atoms with van der Waals surface area (Å²) in [5.41, 5.74) is 0.238. The zero-order chi connectivity index (χ0) is 20.2. The third-order valence-electron chi connectivity index (χ3n) is 3.27. The monoisotopic (exact) mass is 376 g/mol. The SMILES string of the molecule is CCOC(=O)/C(C=NCC(=O)N[C@@H](C)C(=O)OCC)=C(\O)c1ccccc1. The molecular formula is C19H24N2O6. The van der Waals surface area contributed by atoms with Gasteiger partial charge in [-0.05, 0) is 20.8 Å². The van der Waals surface area contributed by atoms with E-state index in [0.29, 0.717) is 5.56 Å². The molecule has 1 amide bonds. The van der Waals surface area contributed by atoms with E-state index in [2.05, 4.69) is 10.3 Å². The van der Waals surface area contributed by atoms with Crippen molar-refractivity contribution in [1.82, 2.24) is 5.32 Å². The van der Waals surface area contributed by atoms with Crippen LogP contribution >= 0.6 is 0 Å². The molecule has 0 saturated carbocycles. The number of nitrogens with one attached hydrogen (secondary N) is 1. The Morgan fingerprint density at radius 2 is 1.78 bits per heavy atom. The number of hydrogen-bond acceptors (Lipinski definition) is 7. The fourth-order valence-electron chi connectivity index (χ4n) is 2.00. The largest absolute Gasteiger partial charge is 0.506 e. The molecule has 146 valence electrons. The van der Waals surface area contributed by atoms with Gasteiger partial charge < -0.3 is 19.9 Å². The highest BCUT2D eigenvalue weighted by Crippen LogP contribution is 2.15. The third-order valence-corrected chi connectivity index (χ3v) is 3.27. The van der Waals surface area contributed by atoms with Crippen molar-refractivity contribution in [3.63, 3.8) is 0 Å². The summed E-state index contributed by atoms with van der Waals surface area (Å²) in [5.74, 6) is -2.15. The predicted molar refractivity (Wildman–Crippen MR) is 100 cm³/mol. The molecule has 0 saturated heterocycles. The van der Waals surface area contributed by atoms with Gasteiger partial charge in [0.1, 0.15) is 23.9 Å². The highest BCUT2D eigenvalue weighted by Gasteiger charge is 2.18. The molecule has 1 aromatic rings. The number of aliphatic hydroxyl groups is 1. The van der Waals surface area contributed by atoms with E-state index >= 15 is 0 Å². The minimum atomic E-state index is -0.814. The summed E-state index contributed by atoms with van der Waals surface area (Å²) in [4.78, 5) is 39.3. The highest BCUT2D eigenvalue weighted by molar-refractivity contribution is 6.15. The molecule has 8 heteroatoms. The molecule has 0 fully saturated rings. The molecule has 0 spiro atoms. The Hall–Kier alpha value is -3.16. The normalized spacial score (nSPS) is 12.9. The van der Waals surface area contributed by atoms with Crippen molar-refractivity contribution < 1.29 is 29.0 Å². The first-order valence-electron chi connectivity index (χ1n) is 8.52. The van der Waals surface area contributed by atoms with E-state index < -0.39 is 23.9 Å². The lowest BCUT2D eigenvalue weighted by Gasteiger charge is -2.11. The zero-order valence-corrected chi connectivity index (χ0v) is 15.6. The van der Waals surface area contributed by atoms with Gasteiger partial charge in [0.05, 0.1) is 13.2 Å². The van der Waals surface area contributed by atoms with Crippen LogP contribution in [0.25, 0.3) is 5.76 Å². The van der Waals surface area contributed by atoms with Gasteiger partial charge in [-0.2, -0.15) is 0 Å². The lowest BCUT2D eigenvalue weighted by molar-refractivity contribution is -0.146. The molecule has 0 aromatic heterocycles. The van der Waals surface area contributed by atoms with Crippen LogP contribution < -0.4 is 5.32 Å². The van der Waals surface area contributed by atoms with E-state index in [1.807, 2.05) is 0 Å². The second kappa shape index (κ2) is 11.5. The average Bonchev–Trinajstić information content (AvgIpc) is 2.65. The molecule has 0 unspecified atom stereocenters. The first-order chi connectivity index (χ1) is 12.9. The van der Waals surface area contributed by atoms with Crippen LogP contribution in [0.4, 0.5) is 0 Å². The molecule has 0 aliphatic carbocycles. The number of amides is 1. The van der Waals surface area contributed by atoms with E-state index in [9.17, 15) is 19.5 Å². The van der Waals surface area contributed by atoms with E-state index in [4.69, 9.17) is 9.47 Å². The lowest BCUT2D eigenvalue weighted by Crippen LogP contribution is -2.40. The lowest BCUT2D eigenvalue weighted by atomic mass is 10.1. The molecule has 1 rings (SSSR count). The molecule has 0 radical (unpaired) electrons. The summed E-state index contributed by atoms with van der Waals surface area (Å²) < 4.78 is 9.71. The Balaban J connectivity index is 2.86. The van der Waals surface area contributed by atoms with Crippen LogP contribution in [0.3, 0.4) is 0 Å². The van der Waals surface area contributed by atoms with Crippen LogP contribution in [0.15, 0.2) is 40.9 Å². The summed E-state index contributed by atoms with van der Waals surface area (Å²) in [7, 11) is 0. The average molecular weight is 376 g/mol. The van der Waals surface area contributed by atoms with Crippen molar-refractivity contribution in [1.29, 1.82) is 0 Å². The van der Waals surface area contributed by atoms with Crippen LogP contribution in [0.1, 0.15) is 26.3 Å². The molecule has 0 aliphatic heterocycles. The zero-order valence-electron chi connectivity index (χ0n) is 15.6. The van der Waals surface area contributed by atoms with Crippen molar-refractivity contribution in [3.05, 3.63) is 41.5 Å². The number of rotatable bonds is 9. The molecule has 2 N–H and O–H groups in total. The van der Waals surface area contributed by atoms with E-state index in [0.717, 1.165) is 6.21 Å². The number of aliphatic hydroxyl groups excluding tert-OH is 1. The van der Waals surface area contributed by atoms with Crippen molar-refractivity contribution >= 4 is 29.8 Å². The highest BCUT2D eigenvalue weighted by atomic mass is 16.5. The number of ether oxygens (including phenoxy) is 2. The second-order valence-corrected chi connectivity index (χ2v) is 5.36. The number of carbonyl (C=O) groups excluding carboxylic acids is 3. The van der Waals surface area contributed by atoms with Crippen LogP contribution in [0.2, 0.25) is 0 Å². The van der Waals surface area contributed by atoms with Crippen molar-refractivity contribution in [2.24, 2.45) is 4.99 Å². The van der Waals surface area contributed by atoms with Gasteiger partial charge in [-0.25, -0.2) is 9.59 Å². The van der Waals surface area contributed by atoms with Crippen molar-refractivity contribution in [2.45, 2.75) is 26.8 Å². The number of carbonyl (C=O) groups is 3. The van der Waals surface area contributed by atoms with Crippen LogP contribution in [0.5, 0.6) is 0 Å². The Bertz CT molecular complexity index is 712. The summed E-state index contributed by atoms with van der Waals surface area (Å²) in [6.07, 6.45) is 1.08. The molecule has 27 heavy (non-hydrogen) atoms. The standard InChI is InChI=1S/C19H24N2O6/c1-4-26-18(24)13(3)21-16(22)12-20-11-15(19(25)27-5-2)17(23)14-9-7-6-8-10-14/h6-11,13,23H,4-5,12H2,1-3H3,(H,21,22)/b17-15-,20-11?/t13-/m0/s1. The predicted octanol–water partition coefficient (Wildman–Crippen LogP) is 1.66. The Kier molecular flexibility index (Phi) is 9.28. The van der Waals surface area contributed by atoms with Crippen LogP contribution in [0, 0.1) is 0 Å². The third kappa shape index (κ3) is 7.31. The summed E-state index contributed by atoms with van der Waals surface area (Å²) in [6, 6.07) is 7.60. The van der Waals surface area contributed by atoms with E-state index in [1.54, 1.807) is 44.2 Å². The maximum atomic E-state index is 12.1. The molecule has 8 nitrogen and oxygen atoms in total. The smallest absolute Gasteiger partial charge is 0.343 e. The number of aliphatic imine (C=N–C) groups is 1. The van der Waals surface area contributed by atoms with Gasteiger partial charge in [0.15, 0.2) is 0 Å². The number of nitrogens with zero attached hydrogens (tertiary/aromatic N) is 1. The molecule has 1 atom stereocenters. The maximum absolute atomic E-state index is 12.1. The van der Waals surface area contributed by atoms with Gasteiger partial charge in [0.2, 0.25) is 5.91 Å². The van der Waals surface area contributed by atoms with Gasteiger partial charge in [0.25, 0.3) is 0 Å². The fourth-order valence-corrected chi connectivity index (χ4v) is 2.00. The Morgan fingerprint density at radius 1 is 1.15 bits per heavy atom. The maximum Gasteiger partial charge on any atom is 0.343 e. The van der Waals surface area contributed by atoms with E-state index in [-0.39, 0.29) is 31.1 Å². The Morgan fingerprint density at radius 3 is 2.37 bits per heavy atom. The fraction of sp³-hybridized carbons (Fsp3) is 0.368. The van der Waals surface area contributed by atoms with Crippen LogP contribution in [-0.2, 0) is 23.9 Å². The first-order valence-corrected chi connectivity index (χ1v) is 8.52.